The third kappa shape index (κ3) is 5.64. The van der Waals surface area contributed by atoms with Gasteiger partial charge >= 0.3 is 0 Å². The number of benzene rings is 1. The molecule has 29 heavy (non-hydrogen) atoms. The molecular weight excluding hydrogens is 412 g/mol. The molecule has 1 fully saturated rings. The summed E-state index contributed by atoms with van der Waals surface area (Å²) < 4.78 is 37.9. The first-order chi connectivity index (χ1) is 14.0. The zero-order valence-electron chi connectivity index (χ0n) is 16.4. The monoisotopic (exact) mass is 438 g/mol. The minimum absolute atomic E-state index is 0.152. The lowest BCUT2D eigenvalue weighted by atomic mass is 10.1. The van der Waals surface area contributed by atoms with Gasteiger partial charge in [0.15, 0.2) is 0 Å². The Balaban J connectivity index is 1.69. The second-order valence-electron chi connectivity index (χ2n) is 6.52. The third-order valence-electron chi connectivity index (χ3n) is 4.51. The van der Waals surface area contributed by atoms with Crippen molar-refractivity contribution >= 4 is 27.3 Å². The zero-order chi connectivity index (χ0) is 20.7. The molecule has 0 saturated carbocycles. The molecule has 158 valence electrons. The predicted molar refractivity (Wildman–Crippen MR) is 113 cm³/mol. The Kier molecular flexibility index (Phi) is 7.79. The number of hydrogen-bond acceptors (Lipinski definition) is 6. The number of ether oxygens (including phenoxy) is 2. The van der Waals surface area contributed by atoms with Crippen molar-refractivity contribution in [1.29, 1.82) is 0 Å². The second-order valence-corrected chi connectivity index (χ2v) is 9.77. The van der Waals surface area contributed by atoms with E-state index in [9.17, 15) is 13.2 Å². The lowest BCUT2D eigenvalue weighted by Crippen LogP contribution is -2.40. The summed E-state index contributed by atoms with van der Waals surface area (Å²) in [5, 5.41) is 2.88. The van der Waals surface area contributed by atoms with Crippen LogP contribution in [0.1, 0.15) is 23.7 Å². The predicted octanol–water partition coefficient (Wildman–Crippen LogP) is 2.59. The summed E-state index contributed by atoms with van der Waals surface area (Å²) in [6, 6.07) is 10.6. The summed E-state index contributed by atoms with van der Waals surface area (Å²) in [4.78, 5) is 13.2. The number of sulfonamides is 1. The molecule has 1 saturated heterocycles. The highest BCUT2D eigenvalue weighted by Gasteiger charge is 2.27. The normalized spacial score (nSPS) is 15.3. The molecule has 0 unspecified atom stereocenters. The first-order valence-corrected chi connectivity index (χ1v) is 11.9. The molecule has 7 nitrogen and oxygen atoms in total. The van der Waals surface area contributed by atoms with Crippen LogP contribution in [0.5, 0.6) is 0 Å². The Morgan fingerprint density at radius 2 is 2.03 bits per heavy atom. The highest BCUT2D eigenvalue weighted by molar-refractivity contribution is 7.91. The highest BCUT2D eigenvalue weighted by atomic mass is 32.2. The molecule has 9 heteroatoms. The largest absolute Gasteiger partial charge is 0.382 e. The zero-order valence-corrected chi connectivity index (χ0v) is 18.1. The van der Waals surface area contributed by atoms with Gasteiger partial charge in [-0.2, -0.15) is 4.31 Å². The number of thiophene rings is 1. The van der Waals surface area contributed by atoms with Crippen LogP contribution >= 0.6 is 11.3 Å². The molecule has 3 rings (SSSR count). The molecule has 1 aliphatic heterocycles. The van der Waals surface area contributed by atoms with E-state index in [0.29, 0.717) is 55.8 Å². The van der Waals surface area contributed by atoms with Crippen LogP contribution in [0.3, 0.4) is 0 Å². The van der Waals surface area contributed by atoms with E-state index in [-0.39, 0.29) is 5.91 Å². The van der Waals surface area contributed by atoms with Crippen LogP contribution in [0.25, 0.3) is 10.4 Å². The maximum Gasteiger partial charge on any atom is 0.252 e. The van der Waals surface area contributed by atoms with E-state index >= 15 is 0 Å². The lowest BCUT2D eigenvalue weighted by Gasteiger charge is -2.25. The SMILES string of the molecule is CCOCCCNC(=O)c1cccc(-c2ccc(S(=O)(=O)N3CCOCC3)s2)c1. The van der Waals surface area contributed by atoms with Gasteiger partial charge in [-0.05, 0) is 43.2 Å². The quantitative estimate of drug-likeness (QED) is 0.609. The fraction of sp³-hybridized carbons (Fsp3) is 0.450. The maximum absolute atomic E-state index is 12.8. The van der Waals surface area contributed by atoms with Gasteiger partial charge in [-0.3, -0.25) is 4.79 Å². The number of morpholine rings is 1. The number of amides is 1. The van der Waals surface area contributed by atoms with Gasteiger partial charge < -0.3 is 14.8 Å². The lowest BCUT2D eigenvalue weighted by molar-refractivity contribution is 0.0731. The molecule has 2 heterocycles. The molecule has 0 bridgehead atoms. The minimum atomic E-state index is -3.51. The number of carbonyl (C=O) groups is 1. The standard InChI is InChI=1S/C20H26N2O5S2/c1-2-26-12-4-9-21-20(23)17-6-3-5-16(15-17)18-7-8-19(28-18)29(24,25)22-10-13-27-14-11-22/h3,5-8,15H,2,4,9-14H2,1H3,(H,21,23). The molecule has 1 N–H and O–H groups in total. The van der Waals surface area contributed by atoms with Gasteiger partial charge in [0.05, 0.1) is 13.2 Å². The molecule has 0 aliphatic carbocycles. The van der Waals surface area contributed by atoms with E-state index in [1.54, 1.807) is 30.3 Å². The Bertz CT molecular complexity index is 920. The summed E-state index contributed by atoms with van der Waals surface area (Å²) in [5.74, 6) is -0.152. The topological polar surface area (TPSA) is 84.9 Å². The average molecular weight is 439 g/mol. The molecule has 1 aromatic carbocycles. The third-order valence-corrected chi connectivity index (χ3v) is 8.01. The van der Waals surface area contributed by atoms with Crippen molar-refractivity contribution in [3.8, 4) is 10.4 Å². The van der Waals surface area contributed by atoms with Gasteiger partial charge in [0, 0.05) is 43.3 Å². The van der Waals surface area contributed by atoms with Crippen LogP contribution in [0.2, 0.25) is 0 Å². The first-order valence-electron chi connectivity index (χ1n) is 9.66. The Labute approximate surface area is 175 Å². The molecule has 1 aromatic heterocycles. The van der Waals surface area contributed by atoms with E-state index in [2.05, 4.69) is 5.32 Å². The fourth-order valence-electron chi connectivity index (χ4n) is 2.96. The molecule has 0 atom stereocenters. The molecule has 1 aliphatic rings. The maximum atomic E-state index is 12.8. The minimum Gasteiger partial charge on any atom is -0.382 e. The summed E-state index contributed by atoms with van der Waals surface area (Å²) in [6.07, 6.45) is 0.757. The first kappa shape index (κ1) is 21.9. The van der Waals surface area contributed by atoms with Crippen molar-refractivity contribution in [2.75, 3.05) is 46.1 Å². The van der Waals surface area contributed by atoms with Crippen molar-refractivity contribution in [2.24, 2.45) is 0 Å². The van der Waals surface area contributed by atoms with Crippen molar-refractivity contribution in [2.45, 2.75) is 17.6 Å². The molecule has 2 aromatic rings. The van der Waals surface area contributed by atoms with E-state index in [0.717, 1.165) is 16.9 Å². The van der Waals surface area contributed by atoms with E-state index in [4.69, 9.17) is 9.47 Å². The van der Waals surface area contributed by atoms with Crippen molar-refractivity contribution in [3.63, 3.8) is 0 Å². The second kappa shape index (κ2) is 10.3. The van der Waals surface area contributed by atoms with E-state index < -0.39 is 10.0 Å². The van der Waals surface area contributed by atoms with Crippen LogP contribution < -0.4 is 5.32 Å². The Morgan fingerprint density at radius 3 is 2.79 bits per heavy atom. The van der Waals surface area contributed by atoms with Crippen LogP contribution in [0, 0.1) is 0 Å². The summed E-state index contributed by atoms with van der Waals surface area (Å²) in [7, 11) is -3.51. The molecular formula is C20H26N2O5S2. The van der Waals surface area contributed by atoms with Crippen LogP contribution in [0.4, 0.5) is 0 Å². The number of nitrogens with zero attached hydrogens (tertiary/aromatic N) is 1. The number of rotatable bonds is 9. The van der Waals surface area contributed by atoms with Gasteiger partial charge in [-0.1, -0.05) is 12.1 Å². The van der Waals surface area contributed by atoms with Gasteiger partial charge in [-0.15, -0.1) is 11.3 Å². The van der Waals surface area contributed by atoms with Crippen molar-refractivity contribution < 1.29 is 22.7 Å². The fourth-order valence-corrected chi connectivity index (χ4v) is 5.83. The van der Waals surface area contributed by atoms with Gasteiger partial charge in [0.2, 0.25) is 0 Å². The van der Waals surface area contributed by atoms with Crippen LogP contribution in [0.15, 0.2) is 40.6 Å². The Morgan fingerprint density at radius 1 is 1.24 bits per heavy atom. The van der Waals surface area contributed by atoms with Crippen LogP contribution in [-0.2, 0) is 19.5 Å². The number of hydrogen-bond donors (Lipinski definition) is 1. The number of nitrogens with one attached hydrogen (secondary N) is 1. The number of carbonyl (C=O) groups excluding carboxylic acids is 1. The van der Waals surface area contributed by atoms with E-state index in [1.165, 1.54) is 15.6 Å². The smallest absolute Gasteiger partial charge is 0.252 e. The van der Waals surface area contributed by atoms with Crippen molar-refractivity contribution in [3.05, 3.63) is 42.0 Å². The molecule has 1 amide bonds. The average Bonchev–Trinajstić information content (AvgIpc) is 3.25. The highest BCUT2D eigenvalue weighted by Crippen LogP contribution is 2.33. The summed E-state index contributed by atoms with van der Waals surface area (Å²) in [6.45, 7) is 5.34. The van der Waals surface area contributed by atoms with Crippen molar-refractivity contribution in [1.82, 2.24) is 9.62 Å². The Hall–Kier alpha value is -1.78. The molecule has 0 radical (unpaired) electrons. The van der Waals surface area contributed by atoms with Gasteiger partial charge in [0.1, 0.15) is 4.21 Å². The molecule has 0 spiro atoms. The van der Waals surface area contributed by atoms with Gasteiger partial charge in [0.25, 0.3) is 15.9 Å². The summed E-state index contributed by atoms with van der Waals surface area (Å²) >= 11 is 1.22. The summed E-state index contributed by atoms with van der Waals surface area (Å²) in [5.41, 5.74) is 1.37. The van der Waals surface area contributed by atoms with E-state index in [1.807, 2.05) is 13.0 Å². The van der Waals surface area contributed by atoms with Crippen LogP contribution in [-0.4, -0.2) is 64.7 Å². The van der Waals surface area contributed by atoms with Gasteiger partial charge in [-0.25, -0.2) is 8.42 Å².